The third kappa shape index (κ3) is 6.21. The van der Waals surface area contributed by atoms with Crippen LogP contribution in [-0.2, 0) is 9.59 Å². The van der Waals surface area contributed by atoms with Gasteiger partial charge in [0.2, 0.25) is 11.8 Å². The second kappa shape index (κ2) is 10.8. The first-order chi connectivity index (χ1) is 13.9. The van der Waals surface area contributed by atoms with E-state index in [1.54, 1.807) is 31.4 Å². The summed E-state index contributed by atoms with van der Waals surface area (Å²) in [5, 5.41) is 5.92. The van der Waals surface area contributed by atoms with Crippen molar-refractivity contribution >= 4 is 17.7 Å². The second-order valence-corrected chi connectivity index (χ2v) is 7.57. The van der Waals surface area contributed by atoms with Gasteiger partial charge in [-0.05, 0) is 50.3 Å². The molecule has 1 fully saturated rings. The van der Waals surface area contributed by atoms with E-state index in [0.29, 0.717) is 43.7 Å². The molecular weight excluding hydrogens is 370 g/mol. The molecule has 0 aliphatic carbocycles. The number of rotatable bonds is 8. The smallest absolute Gasteiger partial charge is 0.252 e. The van der Waals surface area contributed by atoms with E-state index in [1.165, 1.54) is 0 Å². The normalized spacial score (nSPS) is 16.6. The van der Waals surface area contributed by atoms with Crippen molar-refractivity contribution in [2.75, 3.05) is 20.2 Å². The monoisotopic (exact) mass is 403 g/mol. The van der Waals surface area contributed by atoms with Gasteiger partial charge in [0.05, 0.1) is 7.11 Å². The van der Waals surface area contributed by atoms with Gasteiger partial charge in [0, 0.05) is 31.1 Å². The average molecular weight is 404 g/mol. The highest BCUT2D eigenvalue weighted by molar-refractivity contribution is 5.98. The quantitative estimate of drug-likeness (QED) is 0.698. The summed E-state index contributed by atoms with van der Waals surface area (Å²) in [4.78, 5) is 39.6. The standard InChI is InChI=1S/C22H33N3O4/c1-5-15(3)23-22(28)20(16-10-12-25(13-11-16)19(26)6-2)24-21(27)17-8-7-9-18(14-17)29-4/h7-9,14-16,20H,5-6,10-13H2,1-4H3,(H,23,28)(H,24,27). The predicted octanol–water partition coefficient (Wildman–Crippen LogP) is 2.36. The molecule has 1 heterocycles. The zero-order chi connectivity index (χ0) is 21.4. The number of hydrogen-bond donors (Lipinski definition) is 2. The third-order valence-electron chi connectivity index (χ3n) is 5.57. The highest BCUT2D eigenvalue weighted by atomic mass is 16.5. The second-order valence-electron chi connectivity index (χ2n) is 7.57. The van der Waals surface area contributed by atoms with Gasteiger partial charge in [-0.2, -0.15) is 0 Å². The summed E-state index contributed by atoms with van der Waals surface area (Å²) in [6, 6.07) is 6.26. The van der Waals surface area contributed by atoms with Crippen LogP contribution in [0, 0.1) is 5.92 Å². The molecule has 1 aromatic carbocycles. The molecular formula is C22H33N3O4. The van der Waals surface area contributed by atoms with Gasteiger partial charge in [0.1, 0.15) is 11.8 Å². The zero-order valence-corrected chi connectivity index (χ0v) is 17.9. The number of hydrogen-bond acceptors (Lipinski definition) is 4. The maximum Gasteiger partial charge on any atom is 0.252 e. The van der Waals surface area contributed by atoms with Crippen LogP contribution in [0.1, 0.15) is 56.8 Å². The van der Waals surface area contributed by atoms with Crippen LogP contribution in [0.4, 0.5) is 0 Å². The lowest BCUT2D eigenvalue weighted by atomic mass is 9.88. The van der Waals surface area contributed by atoms with E-state index in [-0.39, 0.29) is 29.7 Å². The first kappa shape index (κ1) is 22.7. The Bertz CT molecular complexity index is 714. The summed E-state index contributed by atoms with van der Waals surface area (Å²) in [6.07, 6.45) is 2.66. The van der Waals surface area contributed by atoms with Crippen LogP contribution >= 0.6 is 0 Å². The minimum absolute atomic E-state index is 0.0190. The van der Waals surface area contributed by atoms with Gasteiger partial charge in [-0.1, -0.05) is 19.9 Å². The number of nitrogens with zero attached hydrogens (tertiary/aromatic N) is 1. The summed E-state index contributed by atoms with van der Waals surface area (Å²) < 4.78 is 5.19. The van der Waals surface area contributed by atoms with Crippen molar-refractivity contribution < 1.29 is 19.1 Å². The number of benzene rings is 1. The molecule has 3 amide bonds. The number of nitrogens with one attached hydrogen (secondary N) is 2. The molecule has 1 aromatic rings. The summed E-state index contributed by atoms with van der Waals surface area (Å²) in [6.45, 7) is 7.02. The van der Waals surface area contributed by atoms with E-state index in [9.17, 15) is 14.4 Å². The summed E-state index contributed by atoms with van der Waals surface area (Å²) in [7, 11) is 1.55. The van der Waals surface area contributed by atoms with Gasteiger partial charge in [-0.3, -0.25) is 14.4 Å². The molecule has 0 aromatic heterocycles. The average Bonchev–Trinajstić information content (AvgIpc) is 2.76. The van der Waals surface area contributed by atoms with Crippen LogP contribution in [0.2, 0.25) is 0 Å². The lowest BCUT2D eigenvalue weighted by Crippen LogP contribution is -2.55. The Labute approximate surface area is 173 Å². The largest absolute Gasteiger partial charge is 0.497 e. The molecule has 7 nitrogen and oxygen atoms in total. The Morgan fingerprint density at radius 1 is 1.17 bits per heavy atom. The summed E-state index contributed by atoms with van der Waals surface area (Å²) >= 11 is 0. The van der Waals surface area contributed by atoms with Crippen LogP contribution in [0.25, 0.3) is 0 Å². The fourth-order valence-electron chi connectivity index (χ4n) is 3.53. The van der Waals surface area contributed by atoms with E-state index in [2.05, 4.69) is 10.6 Å². The summed E-state index contributed by atoms with van der Waals surface area (Å²) in [5.41, 5.74) is 0.448. The van der Waals surface area contributed by atoms with E-state index in [4.69, 9.17) is 4.74 Å². The van der Waals surface area contributed by atoms with Crippen molar-refractivity contribution in [2.45, 2.75) is 58.5 Å². The Kier molecular flexibility index (Phi) is 8.49. The van der Waals surface area contributed by atoms with Crippen molar-refractivity contribution in [3.63, 3.8) is 0 Å². The van der Waals surface area contributed by atoms with Gasteiger partial charge >= 0.3 is 0 Å². The SMILES string of the molecule is CCC(=O)N1CCC(C(NC(=O)c2cccc(OC)c2)C(=O)NC(C)CC)CC1. The van der Waals surface area contributed by atoms with Crippen molar-refractivity contribution in [2.24, 2.45) is 5.92 Å². The highest BCUT2D eigenvalue weighted by Crippen LogP contribution is 2.22. The van der Waals surface area contributed by atoms with E-state index in [1.807, 2.05) is 25.7 Å². The first-order valence-corrected chi connectivity index (χ1v) is 10.4. The lowest BCUT2D eigenvalue weighted by Gasteiger charge is -2.36. The van der Waals surface area contributed by atoms with Crippen molar-refractivity contribution in [1.82, 2.24) is 15.5 Å². The molecule has 1 saturated heterocycles. The number of methoxy groups -OCH3 is 1. The molecule has 0 radical (unpaired) electrons. The highest BCUT2D eigenvalue weighted by Gasteiger charge is 2.34. The maximum atomic E-state index is 12.9. The van der Waals surface area contributed by atoms with Crippen LogP contribution < -0.4 is 15.4 Å². The van der Waals surface area contributed by atoms with Gasteiger partial charge < -0.3 is 20.3 Å². The van der Waals surface area contributed by atoms with E-state index in [0.717, 1.165) is 6.42 Å². The molecule has 7 heteroatoms. The third-order valence-corrected chi connectivity index (χ3v) is 5.57. The van der Waals surface area contributed by atoms with Crippen LogP contribution in [0.5, 0.6) is 5.75 Å². The number of amides is 3. The van der Waals surface area contributed by atoms with E-state index >= 15 is 0 Å². The molecule has 0 spiro atoms. The van der Waals surface area contributed by atoms with Crippen LogP contribution in [0.15, 0.2) is 24.3 Å². The predicted molar refractivity (Wildman–Crippen MR) is 112 cm³/mol. The number of carbonyl (C=O) groups excluding carboxylic acids is 3. The number of carbonyl (C=O) groups is 3. The molecule has 1 aliphatic heterocycles. The lowest BCUT2D eigenvalue weighted by molar-refractivity contribution is -0.132. The molecule has 2 atom stereocenters. The Balaban J connectivity index is 2.13. The van der Waals surface area contributed by atoms with Crippen molar-refractivity contribution in [3.05, 3.63) is 29.8 Å². The summed E-state index contributed by atoms with van der Waals surface area (Å²) in [5.74, 6) is 0.222. The molecule has 29 heavy (non-hydrogen) atoms. The van der Waals surface area contributed by atoms with Gasteiger partial charge in [-0.15, -0.1) is 0 Å². The number of ether oxygens (including phenoxy) is 1. The molecule has 160 valence electrons. The Morgan fingerprint density at radius 3 is 2.45 bits per heavy atom. The fourth-order valence-corrected chi connectivity index (χ4v) is 3.53. The van der Waals surface area contributed by atoms with Crippen molar-refractivity contribution in [3.8, 4) is 5.75 Å². The first-order valence-electron chi connectivity index (χ1n) is 10.4. The van der Waals surface area contributed by atoms with Gasteiger partial charge in [-0.25, -0.2) is 0 Å². The van der Waals surface area contributed by atoms with Crippen LogP contribution in [0.3, 0.4) is 0 Å². The molecule has 0 bridgehead atoms. The van der Waals surface area contributed by atoms with Crippen LogP contribution in [-0.4, -0.2) is 54.9 Å². The van der Waals surface area contributed by atoms with E-state index < -0.39 is 6.04 Å². The maximum absolute atomic E-state index is 12.9. The minimum atomic E-state index is -0.637. The molecule has 0 saturated carbocycles. The molecule has 1 aliphatic rings. The zero-order valence-electron chi connectivity index (χ0n) is 17.9. The van der Waals surface area contributed by atoms with Gasteiger partial charge in [0.25, 0.3) is 5.91 Å². The molecule has 2 unspecified atom stereocenters. The minimum Gasteiger partial charge on any atom is -0.497 e. The number of likely N-dealkylation sites (tertiary alicyclic amines) is 1. The fraction of sp³-hybridized carbons (Fsp3) is 0.591. The Hall–Kier alpha value is -2.57. The van der Waals surface area contributed by atoms with Crippen molar-refractivity contribution in [1.29, 1.82) is 0 Å². The topological polar surface area (TPSA) is 87.7 Å². The molecule has 2 N–H and O–H groups in total. The number of piperidine rings is 1. The van der Waals surface area contributed by atoms with Gasteiger partial charge in [0.15, 0.2) is 0 Å². The Morgan fingerprint density at radius 2 is 1.86 bits per heavy atom. The molecule has 2 rings (SSSR count).